The van der Waals surface area contributed by atoms with E-state index in [2.05, 4.69) is 20.5 Å². The maximum atomic E-state index is 6.05. The molecule has 2 N–H and O–H groups in total. The van der Waals surface area contributed by atoms with Crippen molar-refractivity contribution in [3.05, 3.63) is 24.2 Å². The Hall–Kier alpha value is -1.66. The third-order valence-corrected chi connectivity index (χ3v) is 6.29. The van der Waals surface area contributed by atoms with Crippen LogP contribution in [0.5, 0.6) is 0 Å². The predicted octanol–water partition coefficient (Wildman–Crippen LogP) is 2.54. The van der Waals surface area contributed by atoms with Crippen LogP contribution >= 0.6 is 0 Å². The topological polar surface area (TPSA) is 76.0 Å². The second kappa shape index (κ2) is 5.70. The molecule has 3 heterocycles. The number of nitrogens with zero attached hydrogens (tertiary/aromatic N) is 2. The smallest absolute Gasteiger partial charge is 0.216 e. The Bertz CT molecular complexity index is 690. The van der Waals surface area contributed by atoms with Gasteiger partial charge in [0.1, 0.15) is 5.82 Å². The quantitative estimate of drug-likeness (QED) is 0.882. The lowest BCUT2D eigenvalue weighted by Gasteiger charge is -2.57. The summed E-state index contributed by atoms with van der Waals surface area (Å²) in [7, 11) is 0. The molecule has 0 radical (unpaired) electrons. The first-order chi connectivity index (χ1) is 11.9. The van der Waals surface area contributed by atoms with Gasteiger partial charge in [-0.15, -0.1) is 0 Å². The highest BCUT2D eigenvalue weighted by molar-refractivity contribution is 5.45. The molecule has 3 aliphatic rings. The number of fused-ring (bicyclic) bond motifs is 2. The Kier molecular flexibility index (Phi) is 3.49. The van der Waals surface area contributed by atoms with E-state index in [0.29, 0.717) is 29.1 Å². The first-order valence-electron chi connectivity index (χ1n) is 9.17. The molecule has 24 heavy (non-hydrogen) atoms. The second-order valence-corrected chi connectivity index (χ2v) is 7.45. The van der Waals surface area contributed by atoms with E-state index in [1.807, 2.05) is 12.1 Å². The van der Waals surface area contributed by atoms with E-state index in [9.17, 15) is 0 Å². The molecule has 3 atom stereocenters. The third kappa shape index (κ3) is 2.16. The lowest BCUT2D eigenvalue weighted by molar-refractivity contribution is -0.130. The van der Waals surface area contributed by atoms with Crippen LogP contribution in [0.25, 0.3) is 11.6 Å². The molecule has 2 saturated carbocycles. The molecular formula is C18H24N4O2. The lowest BCUT2D eigenvalue weighted by Crippen LogP contribution is -2.67. The Morgan fingerprint density at radius 1 is 1.33 bits per heavy atom. The summed E-state index contributed by atoms with van der Waals surface area (Å²) >= 11 is 0. The van der Waals surface area contributed by atoms with Gasteiger partial charge in [-0.25, -0.2) is 4.98 Å². The molecule has 0 bridgehead atoms. The molecule has 1 spiro atoms. The van der Waals surface area contributed by atoms with E-state index in [1.165, 1.54) is 32.1 Å². The van der Waals surface area contributed by atoms with Gasteiger partial charge in [0.25, 0.3) is 0 Å². The van der Waals surface area contributed by atoms with E-state index in [-0.39, 0.29) is 0 Å². The highest BCUT2D eigenvalue weighted by Crippen LogP contribution is 2.60. The van der Waals surface area contributed by atoms with Gasteiger partial charge in [0.2, 0.25) is 5.82 Å². The van der Waals surface area contributed by atoms with Crippen molar-refractivity contribution in [2.75, 3.05) is 13.2 Å². The van der Waals surface area contributed by atoms with Gasteiger partial charge < -0.3 is 14.5 Å². The minimum atomic E-state index is 0.419. The third-order valence-electron chi connectivity index (χ3n) is 6.29. The Morgan fingerprint density at radius 2 is 2.25 bits per heavy atom. The number of ether oxygens (including phenoxy) is 1. The van der Waals surface area contributed by atoms with Crippen molar-refractivity contribution in [2.24, 2.45) is 11.3 Å². The second-order valence-electron chi connectivity index (χ2n) is 7.45. The first-order valence-corrected chi connectivity index (χ1v) is 9.17. The minimum Gasteiger partial charge on any atom is -0.461 e. The molecule has 6 heteroatoms. The SMILES string of the molecule is c1coc(-c2n[nH]c(CCN[C@@H]3[C@@H]4CCO[C@@H]4C34CCCC4)n2)c1. The van der Waals surface area contributed by atoms with E-state index >= 15 is 0 Å². The van der Waals surface area contributed by atoms with Gasteiger partial charge in [-0.3, -0.25) is 5.10 Å². The van der Waals surface area contributed by atoms with Gasteiger partial charge in [-0.1, -0.05) is 12.8 Å². The molecular weight excluding hydrogens is 304 g/mol. The van der Waals surface area contributed by atoms with Crippen molar-refractivity contribution in [3.63, 3.8) is 0 Å². The minimum absolute atomic E-state index is 0.419. The number of aromatic nitrogens is 3. The Balaban J connectivity index is 1.21. The number of hydrogen-bond acceptors (Lipinski definition) is 5. The molecule has 5 rings (SSSR count). The molecule has 0 unspecified atom stereocenters. The maximum Gasteiger partial charge on any atom is 0.216 e. The van der Waals surface area contributed by atoms with Gasteiger partial charge in [0.05, 0.1) is 12.4 Å². The van der Waals surface area contributed by atoms with Crippen LogP contribution < -0.4 is 5.32 Å². The van der Waals surface area contributed by atoms with Crippen LogP contribution in [0.2, 0.25) is 0 Å². The standard InChI is InChI=1S/C18H24N4O2/c1-2-8-18(7-1)15(12-6-11-24-16(12)18)19-9-5-14-20-17(22-21-14)13-4-3-10-23-13/h3-4,10,12,15-16,19H,1-2,5-9,11H2,(H,20,21,22)/t12-,15+,16-/m0/s1. The first kappa shape index (κ1) is 14.7. The molecule has 128 valence electrons. The van der Waals surface area contributed by atoms with Crippen LogP contribution in [0.1, 0.15) is 37.9 Å². The maximum absolute atomic E-state index is 6.05. The fourth-order valence-corrected chi connectivity index (χ4v) is 5.28. The molecule has 0 aromatic carbocycles. The molecule has 2 aliphatic carbocycles. The summed E-state index contributed by atoms with van der Waals surface area (Å²) in [6, 6.07) is 4.36. The van der Waals surface area contributed by atoms with E-state index in [1.54, 1.807) is 6.26 Å². The lowest BCUT2D eigenvalue weighted by atomic mass is 9.54. The monoisotopic (exact) mass is 328 g/mol. The predicted molar refractivity (Wildman–Crippen MR) is 88.3 cm³/mol. The summed E-state index contributed by atoms with van der Waals surface area (Å²) in [5.41, 5.74) is 0.419. The normalized spacial score (nSPS) is 30.6. The molecule has 2 aromatic rings. The summed E-state index contributed by atoms with van der Waals surface area (Å²) in [5, 5.41) is 11.1. The van der Waals surface area contributed by atoms with Crippen molar-refractivity contribution in [2.45, 2.75) is 50.7 Å². The number of hydrogen-bond donors (Lipinski definition) is 2. The largest absolute Gasteiger partial charge is 0.461 e. The van der Waals surface area contributed by atoms with Crippen molar-refractivity contribution < 1.29 is 9.15 Å². The zero-order valence-electron chi connectivity index (χ0n) is 13.8. The molecule has 0 amide bonds. The van der Waals surface area contributed by atoms with E-state index in [4.69, 9.17) is 9.15 Å². The van der Waals surface area contributed by atoms with Crippen molar-refractivity contribution in [1.82, 2.24) is 20.5 Å². The summed E-state index contributed by atoms with van der Waals surface area (Å²) < 4.78 is 11.4. The molecule has 1 saturated heterocycles. The van der Waals surface area contributed by atoms with Gasteiger partial charge in [0, 0.05) is 36.9 Å². The van der Waals surface area contributed by atoms with Gasteiger partial charge in [0.15, 0.2) is 5.76 Å². The average molecular weight is 328 g/mol. The fourth-order valence-electron chi connectivity index (χ4n) is 5.28. The van der Waals surface area contributed by atoms with Gasteiger partial charge in [-0.05, 0) is 31.4 Å². The summed E-state index contributed by atoms with van der Waals surface area (Å²) in [4.78, 5) is 4.52. The van der Waals surface area contributed by atoms with Crippen LogP contribution in [-0.4, -0.2) is 40.5 Å². The summed E-state index contributed by atoms with van der Waals surface area (Å²) in [6.45, 7) is 1.88. The zero-order chi connectivity index (χ0) is 16.0. The molecule has 1 aliphatic heterocycles. The van der Waals surface area contributed by atoms with E-state index in [0.717, 1.165) is 31.3 Å². The van der Waals surface area contributed by atoms with E-state index < -0.39 is 0 Å². The van der Waals surface area contributed by atoms with Crippen LogP contribution in [-0.2, 0) is 11.2 Å². The summed E-state index contributed by atoms with van der Waals surface area (Å²) in [5.74, 6) is 2.97. The van der Waals surface area contributed by atoms with Crippen molar-refractivity contribution >= 4 is 0 Å². The molecule has 6 nitrogen and oxygen atoms in total. The van der Waals surface area contributed by atoms with Crippen LogP contribution in [0.3, 0.4) is 0 Å². The van der Waals surface area contributed by atoms with Crippen LogP contribution in [0, 0.1) is 11.3 Å². The highest BCUT2D eigenvalue weighted by Gasteiger charge is 2.64. The number of rotatable bonds is 5. The zero-order valence-corrected chi connectivity index (χ0v) is 13.8. The number of H-pyrrole nitrogens is 1. The molecule has 3 fully saturated rings. The average Bonchev–Trinajstić information content (AvgIpc) is 3.39. The Labute approximate surface area is 141 Å². The molecule has 2 aromatic heterocycles. The van der Waals surface area contributed by atoms with Gasteiger partial charge >= 0.3 is 0 Å². The number of furan rings is 1. The fraction of sp³-hybridized carbons (Fsp3) is 0.667. The van der Waals surface area contributed by atoms with Crippen molar-refractivity contribution in [3.8, 4) is 11.6 Å². The number of aromatic amines is 1. The van der Waals surface area contributed by atoms with Gasteiger partial charge in [-0.2, -0.15) is 5.10 Å². The highest BCUT2D eigenvalue weighted by atomic mass is 16.5. The summed E-state index contributed by atoms with van der Waals surface area (Å²) in [6.07, 6.45) is 9.62. The van der Waals surface area contributed by atoms with Crippen molar-refractivity contribution in [1.29, 1.82) is 0 Å². The van der Waals surface area contributed by atoms with Crippen LogP contribution in [0.15, 0.2) is 22.8 Å². The number of nitrogens with one attached hydrogen (secondary N) is 2. The Morgan fingerprint density at radius 3 is 3.08 bits per heavy atom. The van der Waals surface area contributed by atoms with Crippen LogP contribution in [0.4, 0.5) is 0 Å².